The molecule has 1 N–H and O–H groups in total. The van der Waals surface area contributed by atoms with E-state index in [0.717, 1.165) is 7.11 Å². The molecular weight excluding hydrogens is 303 g/mol. The molecule has 0 spiro atoms. The summed E-state index contributed by atoms with van der Waals surface area (Å²) in [6, 6.07) is 2.54. The van der Waals surface area contributed by atoms with Crippen LogP contribution in [0.3, 0.4) is 0 Å². The highest BCUT2D eigenvalue weighted by Crippen LogP contribution is 2.44. The van der Waals surface area contributed by atoms with Crippen LogP contribution in [0.4, 0.5) is 18.9 Å². The average Bonchev–Trinajstić information content (AvgIpc) is 2.17. The number of amides is 1. The molecule has 3 nitrogen and oxygen atoms in total. The van der Waals surface area contributed by atoms with Crippen molar-refractivity contribution in [3.63, 3.8) is 0 Å². The Kier molecular flexibility index (Phi) is 4.03. The zero-order valence-electron chi connectivity index (χ0n) is 8.98. The van der Waals surface area contributed by atoms with Crippen LogP contribution in [0.1, 0.15) is 12.5 Å². The smallest absolute Gasteiger partial charge is 0.421 e. The highest BCUT2D eigenvalue weighted by molar-refractivity contribution is 9.10. The van der Waals surface area contributed by atoms with E-state index in [4.69, 9.17) is 4.74 Å². The highest BCUT2D eigenvalue weighted by Gasteiger charge is 2.38. The Morgan fingerprint density at radius 2 is 2.00 bits per heavy atom. The van der Waals surface area contributed by atoms with Gasteiger partial charge in [0.25, 0.3) is 0 Å². The second-order valence-corrected chi connectivity index (χ2v) is 4.04. The van der Waals surface area contributed by atoms with Gasteiger partial charge in [-0.05, 0) is 12.1 Å². The molecule has 0 unspecified atom stereocenters. The van der Waals surface area contributed by atoms with Gasteiger partial charge in [-0.1, -0.05) is 15.9 Å². The van der Waals surface area contributed by atoms with Crippen LogP contribution in [0, 0.1) is 0 Å². The Bertz CT molecular complexity index is 446. The predicted octanol–water partition coefficient (Wildman–Crippen LogP) is 3.43. The summed E-state index contributed by atoms with van der Waals surface area (Å²) in [7, 11) is 1.11. The van der Waals surface area contributed by atoms with Crippen molar-refractivity contribution in [1.82, 2.24) is 0 Å². The first-order chi connectivity index (χ1) is 7.77. The van der Waals surface area contributed by atoms with E-state index in [1.165, 1.54) is 19.1 Å². The van der Waals surface area contributed by atoms with Crippen LogP contribution in [0.5, 0.6) is 5.75 Å². The number of rotatable bonds is 2. The fourth-order valence-electron chi connectivity index (χ4n) is 1.32. The van der Waals surface area contributed by atoms with Crippen LogP contribution < -0.4 is 10.1 Å². The minimum absolute atomic E-state index is 0.0180. The van der Waals surface area contributed by atoms with E-state index in [-0.39, 0.29) is 10.2 Å². The van der Waals surface area contributed by atoms with Gasteiger partial charge < -0.3 is 10.1 Å². The molecule has 0 saturated carbocycles. The average molecular weight is 312 g/mol. The maximum Gasteiger partial charge on any atom is 0.421 e. The van der Waals surface area contributed by atoms with Gasteiger partial charge in [-0.3, -0.25) is 4.79 Å². The third kappa shape index (κ3) is 3.12. The van der Waals surface area contributed by atoms with Crippen molar-refractivity contribution >= 4 is 27.5 Å². The van der Waals surface area contributed by atoms with Crippen LogP contribution >= 0.6 is 15.9 Å². The van der Waals surface area contributed by atoms with E-state index in [9.17, 15) is 18.0 Å². The molecule has 0 heterocycles. The van der Waals surface area contributed by atoms with Crippen molar-refractivity contribution in [2.24, 2.45) is 0 Å². The molecule has 0 aliphatic heterocycles. The number of methoxy groups -OCH3 is 1. The minimum atomic E-state index is -4.57. The molecule has 17 heavy (non-hydrogen) atoms. The van der Waals surface area contributed by atoms with E-state index >= 15 is 0 Å². The van der Waals surface area contributed by atoms with Crippen LogP contribution in [0.25, 0.3) is 0 Å². The summed E-state index contributed by atoms with van der Waals surface area (Å²) in [4.78, 5) is 10.9. The Hall–Kier alpha value is -1.24. The largest absolute Gasteiger partial charge is 0.494 e. The van der Waals surface area contributed by atoms with Crippen LogP contribution in [-0.4, -0.2) is 13.0 Å². The molecule has 94 valence electrons. The number of halogens is 4. The fraction of sp³-hybridized carbons (Fsp3) is 0.300. The van der Waals surface area contributed by atoms with Gasteiger partial charge >= 0.3 is 6.18 Å². The quantitative estimate of drug-likeness (QED) is 0.908. The van der Waals surface area contributed by atoms with Crippen molar-refractivity contribution in [3.8, 4) is 5.75 Å². The molecular formula is C10H9BrF3NO2. The molecule has 0 aliphatic carbocycles. The van der Waals surface area contributed by atoms with Gasteiger partial charge in [0.1, 0.15) is 5.56 Å². The number of hydrogen-bond acceptors (Lipinski definition) is 2. The summed E-state index contributed by atoms with van der Waals surface area (Å²) in [6.07, 6.45) is -4.57. The van der Waals surface area contributed by atoms with Crippen LogP contribution in [-0.2, 0) is 11.0 Å². The Labute approximate surface area is 104 Å². The van der Waals surface area contributed by atoms with Gasteiger partial charge in [0, 0.05) is 11.4 Å². The Morgan fingerprint density at radius 3 is 2.41 bits per heavy atom. The SMILES string of the molecule is COc1c(NC(C)=O)ccc(Br)c1C(F)(F)F. The lowest BCUT2D eigenvalue weighted by Gasteiger charge is -2.17. The monoisotopic (exact) mass is 311 g/mol. The first-order valence-corrected chi connectivity index (χ1v) is 5.28. The number of nitrogens with one attached hydrogen (secondary N) is 1. The normalized spacial score (nSPS) is 11.2. The van der Waals surface area contributed by atoms with E-state index < -0.39 is 23.4 Å². The first kappa shape index (κ1) is 13.8. The maximum absolute atomic E-state index is 12.8. The summed E-state index contributed by atoms with van der Waals surface area (Å²) >= 11 is 2.81. The van der Waals surface area contributed by atoms with Gasteiger partial charge in [0.05, 0.1) is 12.8 Å². The number of benzene rings is 1. The Morgan fingerprint density at radius 1 is 1.41 bits per heavy atom. The first-order valence-electron chi connectivity index (χ1n) is 4.48. The van der Waals surface area contributed by atoms with Gasteiger partial charge in [-0.25, -0.2) is 0 Å². The summed E-state index contributed by atoms with van der Waals surface area (Å²) in [5.41, 5.74) is -0.971. The number of anilines is 1. The fourth-order valence-corrected chi connectivity index (χ4v) is 1.86. The summed E-state index contributed by atoms with van der Waals surface area (Å²) in [6.45, 7) is 1.20. The number of hydrogen-bond donors (Lipinski definition) is 1. The molecule has 0 saturated heterocycles. The standard InChI is InChI=1S/C10H9BrF3NO2/c1-5(16)15-7-4-3-6(11)8(9(7)17-2)10(12,13)14/h3-4H,1-2H3,(H,15,16). The molecule has 0 aliphatic rings. The van der Waals surface area contributed by atoms with Crippen molar-refractivity contribution < 1.29 is 22.7 Å². The lowest BCUT2D eigenvalue weighted by Crippen LogP contribution is -2.13. The minimum Gasteiger partial charge on any atom is -0.494 e. The van der Waals surface area contributed by atoms with Gasteiger partial charge in [-0.2, -0.15) is 13.2 Å². The third-order valence-electron chi connectivity index (χ3n) is 1.91. The van der Waals surface area contributed by atoms with Crippen molar-refractivity contribution in [2.75, 3.05) is 12.4 Å². The predicted molar refractivity (Wildman–Crippen MR) is 60.0 cm³/mol. The summed E-state index contributed by atoms with van der Waals surface area (Å²) in [5.74, 6) is -0.888. The maximum atomic E-state index is 12.8. The molecule has 0 radical (unpaired) electrons. The molecule has 1 aromatic carbocycles. The number of carbonyl (C=O) groups is 1. The zero-order chi connectivity index (χ0) is 13.2. The molecule has 0 bridgehead atoms. The molecule has 1 amide bonds. The topological polar surface area (TPSA) is 38.3 Å². The highest BCUT2D eigenvalue weighted by atomic mass is 79.9. The van der Waals surface area contributed by atoms with Crippen molar-refractivity contribution in [2.45, 2.75) is 13.1 Å². The second-order valence-electron chi connectivity index (χ2n) is 3.18. The van der Waals surface area contributed by atoms with Gasteiger partial charge in [-0.15, -0.1) is 0 Å². The summed E-state index contributed by atoms with van der Waals surface area (Å²) in [5, 5.41) is 2.28. The number of carbonyl (C=O) groups excluding carboxylic acids is 1. The van der Waals surface area contributed by atoms with E-state index in [2.05, 4.69) is 21.2 Å². The third-order valence-corrected chi connectivity index (χ3v) is 2.57. The lowest BCUT2D eigenvalue weighted by molar-refractivity contribution is -0.139. The van der Waals surface area contributed by atoms with E-state index in [1.807, 2.05) is 0 Å². The zero-order valence-corrected chi connectivity index (χ0v) is 10.6. The van der Waals surface area contributed by atoms with Crippen molar-refractivity contribution in [3.05, 3.63) is 22.2 Å². The van der Waals surface area contributed by atoms with E-state index in [0.29, 0.717) is 0 Å². The molecule has 0 fully saturated rings. The van der Waals surface area contributed by atoms with E-state index in [1.54, 1.807) is 0 Å². The van der Waals surface area contributed by atoms with Crippen molar-refractivity contribution in [1.29, 1.82) is 0 Å². The van der Waals surface area contributed by atoms with Crippen LogP contribution in [0.2, 0.25) is 0 Å². The molecule has 1 rings (SSSR count). The number of ether oxygens (including phenoxy) is 1. The number of alkyl halides is 3. The lowest BCUT2D eigenvalue weighted by atomic mass is 10.1. The molecule has 0 aromatic heterocycles. The van der Waals surface area contributed by atoms with Gasteiger partial charge in [0.15, 0.2) is 5.75 Å². The molecule has 1 aromatic rings. The summed E-state index contributed by atoms with van der Waals surface area (Å²) < 4.78 is 43.0. The Balaban J connectivity index is 3.42. The van der Waals surface area contributed by atoms with Crippen LogP contribution in [0.15, 0.2) is 16.6 Å². The molecule has 7 heteroatoms. The second kappa shape index (κ2) is 4.95. The van der Waals surface area contributed by atoms with Gasteiger partial charge in [0.2, 0.25) is 5.91 Å². The molecule has 0 atom stereocenters.